The second-order valence-corrected chi connectivity index (χ2v) is 8.08. The molecule has 0 bridgehead atoms. The van der Waals surface area contributed by atoms with Crippen LogP contribution in [0.1, 0.15) is 36.6 Å². The monoisotopic (exact) mass is 414 g/mol. The van der Waals surface area contributed by atoms with E-state index < -0.39 is 0 Å². The summed E-state index contributed by atoms with van der Waals surface area (Å²) < 4.78 is 1.80. The zero-order chi connectivity index (χ0) is 20.0. The van der Waals surface area contributed by atoms with Gasteiger partial charge in [-0.3, -0.25) is 4.98 Å². The number of hydrogen-bond donors (Lipinski definition) is 2. The number of benzene rings is 1. The smallest absolute Gasteiger partial charge is 0.201 e. The fourth-order valence-corrected chi connectivity index (χ4v) is 4.82. The van der Waals surface area contributed by atoms with Gasteiger partial charge in [-0.05, 0) is 43.9 Å². The standard InChI is InChI=1S/C21H20Cl2N4O/c1-11-15(9-25)19(14-6-5-13(22)7-16(14)23)20-17(26-11)10-27(21(20)28)18-4-2-3-12(18)8-24/h5-7,10,12,18,28H,2-4,9,25H2,1H3/t12-,18?/m0/s1. The third kappa shape index (κ3) is 2.93. The summed E-state index contributed by atoms with van der Waals surface area (Å²) in [5.41, 5.74) is 9.84. The molecular formula is C21H20Cl2N4O. The van der Waals surface area contributed by atoms with Gasteiger partial charge in [0.1, 0.15) is 0 Å². The van der Waals surface area contributed by atoms with Crippen LogP contribution in [0.4, 0.5) is 0 Å². The molecule has 0 saturated heterocycles. The van der Waals surface area contributed by atoms with E-state index in [2.05, 4.69) is 11.1 Å². The minimum Gasteiger partial charge on any atom is -0.494 e. The first kappa shape index (κ1) is 19.1. The molecule has 1 fully saturated rings. The summed E-state index contributed by atoms with van der Waals surface area (Å²) in [6.45, 7) is 2.16. The number of rotatable bonds is 3. The maximum atomic E-state index is 11.2. The van der Waals surface area contributed by atoms with Crippen molar-refractivity contribution in [3.8, 4) is 23.1 Å². The highest BCUT2D eigenvalue weighted by atomic mass is 35.5. The van der Waals surface area contributed by atoms with Crippen molar-refractivity contribution in [1.82, 2.24) is 9.55 Å². The molecule has 2 heterocycles. The minimum absolute atomic E-state index is 0.0608. The van der Waals surface area contributed by atoms with Gasteiger partial charge in [0, 0.05) is 39.6 Å². The highest BCUT2D eigenvalue weighted by molar-refractivity contribution is 6.36. The molecule has 7 heteroatoms. The Bertz CT molecular complexity index is 1120. The third-order valence-corrected chi connectivity index (χ3v) is 6.22. The zero-order valence-corrected chi connectivity index (χ0v) is 16.9. The van der Waals surface area contributed by atoms with Gasteiger partial charge in [0.2, 0.25) is 5.88 Å². The van der Waals surface area contributed by atoms with Crippen molar-refractivity contribution in [3.63, 3.8) is 0 Å². The van der Waals surface area contributed by atoms with Crippen LogP contribution in [0.5, 0.6) is 5.88 Å². The molecule has 0 spiro atoms. The minimum atomic E-state index is -0.120. The molecule has 1 aliphatic rings. The molecule has 1 unspecified atom stereocenters. The van der Waals surface area contributed by atoms with Crippen molar-refractivity contribution >= 4 is 34.1 Å². The first-order valence-corrected chi connectivity index (χ1v) is 10.00. The number of halogens is 2. The lowest BCUT2D eigenvalue weighted by atomic mass is 9.95. The van der Waals surface area contributed by atoms with Crippen molar-refractivity contribution in [2.45, 2.75) is 38.8 Å². The van der Waals surface area contributed by atoms with Gasteiger partial charge in [0.05, 0.1) is 28.9 Å². The molecule has 2 aromatic heterocycles. The molecule has 1 aliphatic carbocycles. The molecular weight excluding hydrogens is 395 g/mol. The van der Waals surface area contributed by atoms with Crippen LogP contribution < -0.4 is 5.73 Å². The topological polar surface area (TPSA) is 87.9 Å². The number of nitriles is 1. The van der Waals surface area contributed by atoms with Crippen molar-refractivity contribution in [3.05, 3.63) is 45.7 Å². The van der Waals surface area contributed by atoms with Gasteiger partial charge in [-0.1, -0.05) is 29.3 Å². The molecule has 3 N–H and O–H groups in total. The fourth-order valence-electron chi connectivity index (χ4n) is 4.32. The SMILES string of the molecule is Cc1nc2cn(C3CCC[C@H]3C#N)c(O)c2c(-c2ccc(Cl)cc2Cl)c1CN. The Morgan fingerprint density at radius 1 is 1.36 bits per heavy atom. The van der Waals surface area contributed by atoms with E-state index in [9.17, 15) is 10.4 Å². The summed E-state index contributed by atoms with van der Waals surface area (Å²) >= 11 is 12.6. The van der Waals surface area contributed by atoms with Crippen LogP contribution in [0.3, 0.4) is 0 Å². The van der Waals surface area contributed by atoms with Crippen LogP contribution in [-0.2, 0) is 6.54 Å². The Morgan fingerprint density at radius 3 is 2.82 bits per heavy atom. The number of aryl methyl sites for hydroxylation is 1. The first-order valence-electron chi connectivity index (χ1n) is 9.24. The van der Waals surface area contributed by atoms with E-state index in [0.717, 1.165) is 41.6 Å². The maximum Gasteiger partial charge on any atom is 0.201 e. The molecule has 3 aromatic rings. The number of fused-ring (bicyclic) bond motifs is 1. The van der Waals surface area contributed by atoms with Crippen LogP contribution in [0.2, 0.25) is 10.0 Å². The Labute approximate surface area is 173 Å². The van der Waals surface area contributed by atoms with E-state index in [0.29, 0.717) is 20.9 Å². The molecule has 2 atom stereocenters. The molecule has 5 nitrogen and oxygen atoms in total. The van der Waals surface area contributed by atoms with Crippen molar-refractivity contribution in [2.75, 3.05) is 0 Å². The Kier molecular flexibility index (Phi) is 4.96. The highest BCUT2D eigenvalue weighted by Gasteiger charge is 2.32. The summed E-state index contributed by atoms with van der Waals surface area (Å²) in [7, 11) is 0. The molecule has 144 valence electrons. The number of aromatic nitrogens is 2. The van der Waals surface area contributed by atoms with Gasteiger partial charge in [0.15, 0.2) is 0 Å². The normalized spacial score (nSPS) is 19.2. The lowest BCUT2D eigenvalue weighted by Gasteiger charge is -2.17. The highest BCUT2D eigenvalue weighted by Crippen LogP contribution is 2.45. The molecule has 0 amide bonds. The molecule has 1 saturated carbocycles. The summed E-state index contributed by atoms with van der Waals surface area (Å²) in [5, 5.41) is 22.3. The second-order valence-electron chi connectivity index (χ2n) is 7.23. The van der Waals surface area contributed by atoms with E-state index >= 15 is 0 Å². The van der Waals surface area contributed by atoms with Crippen molar-refractivity contribution in [2.24, 2.45) is 11.7 Å². The van der Waals surface area contributed by atoms with Crippen LogP contribution >= 0.6 is 23.2 Å². The van der Waals surface area contributed by atoms with Gasteiger partial charge in [-0.25, -0.2) is 0 Å². The van der Waals surface area contributed by atoms with E-state index in [1.165, 1.54) is 0 Å². The zero-order valence-electron chi connectivity index (χ0n) is 15.4. The summed E-state index contributed by atoms with van der Waals surface area (Å²) in [4.78, 5) is 4.67. The molecule has 0 radical (unpaired) electrons. The Hall–Kier alpha value is -2.26. The lowest BCUT2D eigenvalue weighted by molar-refractivity contribution is 0.364. The summed E-state index contributed by atoms with van der Waals surface area (Å²) in [6.07, 6.45) is 4.50. The summed E-state index contributed by atoms with van der Waals surface area (Å²) in [5.74, 6) is -0.0178. The van der Waals surface area contributed by atoms with Gasteiger partial charge < -0.3 is 15.4 Å². The molecule has 0 aliphatic heterocycles. The second kappa shape index (κ2) is 7.29. The lowest BCUT2D eigenvalue weighted by Crippen LogP contribution is -2.11. The quantitative estimate of drug-likeness (QED) is 0.604. The van der Waals surface area contributed by atoms with Crippen molar-refractivity contribution in [1.29, 1.82) is 5.26 Å². The predicted octanol–water partition coefficient (Wildman–Crippen LogP) is 5.35. The van der Waals surface area contributed by atoms with Gasteiger partial charge in [-0.2, -0.15) is 5.26 Å². The fraction of sp³-hybridized carbons (Fsp3) is 0.333. The van der Waals surface area contributed by atoms with Gasteiger partial charge in [-0.15, -0.1) is 0 Å². The van der Waals surface area contributed by atoms with Crippen LogP contribution in [-0.4, -0.2) is 14.7 Å². The van der Waals surface area contributed by atoms with Gasteiger partial charge >= 0.3 is 0 Å². The predicted molar refractivity (Wildman–Crippen MR) is 111 cm³/mol. The van der Waals surface area contributed by atoms with Crippen LogP contribution in [0.25, 0.3) is 22.0 Å². The third-order valence-electron chi connectivity index (χ3n) is 5.67. The summed E-state index contributed by atoms with van der Waals surface area (Å²) in [6, 6.07) is 7.59. The average molecular weight is 415 g/mol. The molecule has 1 aromatic carbocycles. The maximum absolute atomic E-state index is 11.2. The van der Waals surface area contributed by atoms with E-state index in [1.807, 2.05) is 19.2 Å². The molecule has 4 rings (SSSR count). The van der Waals surface area contributed by atoms with Gasteiger partial charge in [0.25, 0.3) is 0 Å². The van der Waals surface area contributed by atoms with Crippen LogP contribution in [0.15, 0.2) is 24.4 Å². The van der Waals surface area contributed by atoms with Crippen LogP contribution in [0, 0.1) is 24.2 Å². The van der Waals surface area contributed by atoms with E-state index in [1.54, 1.807) is 16.7 Å². The number of pyridine rings is 1. The largest absolute Gasteiger partial charge is 0.494 e. The first-order chi connectivity index (χ1) is 13.5. The number of aromatic hydroxyl groups is 1. The Morgan fingerprint density at radius 2 is 2.14 bits per heavy atom. The Balaban J connectivity index is 2.04. The number of nitrogens with two attached hydrogens (primary N) is 1. The molecule has 28 heavy (non-hydrogen) atoms. The van der Waals surface area contributed by atoms with E-state index in [4.69, 9.17) is 28.9 Å². The number of nitrogens with zero attached hydrogens (tertiary/aromatic N) is 3. The van der Waals surface area contributed by atoms with E-state index in [-0.39, 0.29) is 24.4 Å². The average Bonchev–Trinajstić information content (AvgIpc) is 3.25. The number of hydrogen-bond acceptors (Lipinski definition) is 4. The van der Waals surface area contributed by atoms with Crippen molar-refractivity contribution < 1.29 is 5.11 Å².